The third-order valence-electron chi connectivity index (χ3n) is 2.19. The average Bonchev–Trinajstić information content (AvgIpc) is 2.08. The van der Waals surface area contributed by atoms with Crippen LogP contribution in [0.2, 0.25) is 0 Å². The summed E-state index contributed by atoms with van der Waals surface area (Å²) in [7, 11) is 0. The van der Waals surface area contributed by atoms with Gasteiger partial charge in [-0.05, 0) is 31.0 Å². The van der Waals surface area contributed by atoms with Crippen molar-refractivity contribution in [2.75, 3.05) is 5.73 Å². The van der Waals surface area contributed by atoms with Crippen molar-refractivity contribution < 1.29 is 4.79 Å². The number of rotatable bonds is 2. The normalized spacial score (nSPS) is 12.5. The van der Waals surface area contributed by atoms with Crippen molar-refractivity contribution in [1.82, 2.24) is 0 Å². The summed E-state index contributed by atoms with van der Waals surface area (Å²) in [6, 6.07) is 4.88. The van der Waals surface area contributed by atoms with Gasteiger partial charge in [0.1, 0.15) is 0 Å². The van der Waals surface area contributed by atoms with Crippen LogP contribution in [0, 0.1) is 6.92 Å². The molecule has 0 fully saturated rings. The van der Waals surface area contributed by atoms with Gasteiger partial charge in [0.25, 0.3) is 0 Å². The van der Waals surface area contributed by atoms with Crippen LogP contribution < -0.4 is 11.5 Å². The van der Waals surface area contributed by atoms with Gasteiger partial charge in [-0.1, -0.05) is 12.1 Å². The van der Waals surface area contributed by atoms with E-state index in [1.54, 1.807) is 12.1 Å². The number of benzene rings is 1. The molecular formula is C10H14N2O. The topological polar surface area (TPSA) is 69.1 Å². The zero-order chi connectivity index (χ0) is 10.0. The predicted octanol–water partition coefficient (Wildman–Crippen LogP) is 1.17. The van der Waals surface area contributed by atoms with E-state index in [1.165, 1.54) is 6.92 Å². The van der Waals surface area contributed by atoms with Crippen molar-refractivity contribution in [3.8, 4) is 0 Å². The molecule has 0 aliphatic heterocycles. The van der Waals surface area contributed by atoms with E-state index in [0.29, 0.717) is 5.69 Å². The van der Waals surface area contributed by atoms with Gasteiger partial charge in [-0.15, -0.1) is 0 Å². The first-order chi connectivity index (χ1) is 6.04. The number of nitrogens with two attached hydrogens (primary N) is 2. The summed E-state index contributed by atoms with van der Waals surface area (Å²) >= 11 is 0. The van der Waals surface area contributed by atoms with E-state index in [9.17, 15) is 4.79 Å². The summed E-state index contributed by atoms with van der Waals surface area (Å²) < 4.78 is 0. The lowest BCUT2D eigenvalue weighted by atomic mass is 9.98. The molecule has 0 aromatic heterocycles. The molecule has 0 bridgehead atoms. The van der Waals surface area contributed by atoms with Crippen LogP contribution in [0.15, 0.2) is 18.2 Å². The van der Waals surface area contributed by atoms with Crippen LogP contribution in [-0.2, 0) is 4.79 Å². The SMILES string of the molecule is CC(=O)C(N)c1cccc(N)c1C. The van der Waals surface area contributed by atoms with Gasteiger partial charge in [0.05, 0.1) is 6.04 Å². The fraction of sp³-hybridized carbons (Fsp3) is 0.300. The van der Waals surface area contributed by atoms with Crippen molar-refractivity contribution in [1.29, 1.82) is 0 Å². The van der Waals surface area contributed by atoms with E-state index in [2.05, 4.69) is 0 Å². The Morgan fingerprint density at radius 1 is 1.46 bits per heavy atom. The lowest BCUT2D eigenvalue weighted by Crippen LogP contribution is -2.19. The number of nitrogen functional groups attached to an aromatic ring is 1. The Kier molecular flexibility index (Phi) is 2.68. The number of anilines is 1. The molecule has 3 heteroatoms. The zero-order valence-electron chi connectivity index (χ0n) is 7.87. The minimum absolute atomic E-state index is 0.0475. The van der Waals surface area contributed by atoms with Crippen LogP contribution in [-0.4, -0.2) is 5.78 Å². The number of carbonyl (C=O) groups excluding carboxylic acids is 1. The maximum Gasteiger partial charge on any atom is 0.150 e. The molecule has 70 valence electrons. The third kappa shape index (κ3) is 1.87. The van der Waals surface area contributed by atoms with Gasteiger partial charge in [-0.2, -0.15) is 0 Å². The first-order valence-corrected chi connectivity index (χ1v) is 4.15. The molecule has 0 saturated carbocycles. The fourth-order valence-corrected chi connectivity index (χ4v) is 1.23. The molecule has 1 unspecified atom stereocenters. The molecule has 1 aromatic rings. The minimum Gasteiger partial charge on any atom is -0.399 e. The first-order valence-electron chi connectivity index (χ1n) is 4.15. The highest BCUT2D eigenvalue weighted by molar-refractivity contribution is 5.83. The summed E-state index contributed by atoms with van der Waals surface area (Å²) in [4.78, 5) is 11.0. The van der Waals surface area contributed by atoms with E-state index in [0.717, 1.165) is 11.1 Å². The molecular weight excluding hydrogens is 164 g/mol. The molecule has 1 rings (SSSR count). The number of hydrogen-bond acceptors (Lipinski definition) is 3. The smallest absolute Gasteiger partial charge is 0.150 e. The molecule has 0 aliphatic carbocycles. The van der Waals surface area contributed by atoms with Crippen molar-refractivity contribution >= 4 is 11.5 Å². The summed E-state index contributed by atoms with van der Waals surface area (Å²) in [6.45, 7) is 3.35. The molecule has 0 spiro atoms. The highest BCUT2D eigenvalue weighted by atomic mass is 16.1. The van der Waals surface area contributed by atoms with E-state index in [-0.39, 0.29) is 5.78 Å². The summed E-state index contributed by atoms with van der Waals surface area (Å²) in [6.07, 6.45) is 0. The minimum atomic E-state index is -0.552. The van der Waals surface area contributed by atoms with Crippen molar-refractivity contribution in [2.24, 2.45) is 5.73 Å². The quantitative estimate of drug-likeness (QED) is 0.668. The lowest BCUT2D eigenvalue weighted by Gasteiger charge is -2.12. The largest absolute Gasteiger partial charge is 0.399 e. The Bertz CT molecular complexity index is 334. The summed E-state index contributed by atoms with van der Waals surface area (Å²) in [5, 5.41) is 0. The number of hydrogen-bond donors (Lipinski definition) is 2. The van der Waals surface area contributed by atoms with Crippen molar-refractivity contribution in [3.05, 3.63) is 29.3 Å². The number of ketones is 1. The third-order valence-corrected chi connectivity index (χ3v) is 2.19. The van der Waals surface area contributed by atoms with E-state index in [1.807, 2.05) is 13.0 Å². The first kappa shape index (κ1) is 9.74. The highest BCUT2D eigenvalue weighted by Gasteiger charge is 2.13. The monoisotopic (exact) mass is 178 g/mol. The van der Waals surface area contributed by atoms with Crippen LogP contribution >= 0.6 is 0 Å². The number of carbonyl (C=O) groups is 1. The van der Waals surface area contributed by atoms with Gasteiger partial charge in [-0.25, -0.2) is 0 Å². The van der Waals surface area contributed by atoms with Crippen LogP contribution in [0.4, 0.5) is 5.69 Å². The van der Waals surface area contributed by atoms with Gasteiger partial charge < -0.3 is 11.5 Å². The average molecular weight is 178 g/mol. The van der Waals surface area contributed by atoms with Crippen molar-refractivity contribution in [3.63, 3.8) is 0 Å². The second-order valence-corrected chi connectivity index (χ2v) is 3.15. The van der Waals surface area contributed by atoms with Gasteiger partial charge in [0.15, 0.2) is 5.78 Å². The van der Waals surface area contributed by atoms with Gasteiger partial charge >= 0.3 is 0 Å². The Morgan fingerprint density at radius 2 is 2.08 bits per heavy atom. The Hall–Kier alpha value is -1.35. The van der Waals surface area contributed by atoms with Gasteiger partial charge in [0, 0.05) is 5.69 Å². The molecule has 3 nitrogen and oxygen atoms in total. The molecule has 1 atom stereocenters. The maximum atomic E-state index is 11.0. The Labute approximate surface area is 77.7 Å². The molecule has 0 radical (unpaired) electrons. The van der Waals surface area contributed by atoms with Gasteiger partial charge in [0.2, 0.25) is 0 Å². The van der Waals surface area contributed by atoms with Crippen LogP contribution in [0.3, 0.4) is 0 Å². The molecule has 1 aromatic carbocycles. The van der Waals surface area contributed by atoms with Crippen molar-refractivity contribution in [2.45, 2.75) is 19.9 Å². The molecule has 0 aliphatic rings. The highest BCUT2D eigenvalue weighted by Crippen LogP contribution is 2.21. The second-order valence-electron chi connectivity index (χ2n) is 3.15. The summed E-state index contributed by atoms with van der Waals surface area (Å²) in [5.41, 5.74) is 13.8. The molecule has 0 saturated heterocycles. The predicted molar refractivity (Wildman–Crippen MR) is 53.2 cm³/mol. The van der Waals surface area contributed by atoms with Crippen LogP contribution in [0.1, 0.15) is 24.1 Å². The molecule has 4 N–H and O–H groups in total. The zero-order valence-corrected chi connectivity index (χ0v) is 7.87. The van der Waals surface area contributed by atoms with Crippen LogP contribution in [0.25, 0.3) is 0 Å². The molecule has 13 heavy (non-hydrogen) atoms. The van der Waals surface area contributed by atoms with E-state index in [4.69, 9.17) is 11.5 Å². The fourth-order valence-electron chi connectivity index (χ4n) is 1.23. The summed E-state index contributed by atoms with van der Waals surface area (Å²) in [5.74, 6) is -0.0475. The lowest BCUT2D eigenvalue weighted by molar-refractivity contribution is -0.118. The standard InChI is InChI=1S/C10H14N2O/c1-6-8(10(12)7(2)13)4-3-5-9(6)11/h3-5,10H,11-12H2,1-2H3. The molecule has 0 amide bonds. The number of Topliss-reactive ketones (excluding diaryl/α,β-unsaturated/α-hetero) is 1. The Morgan fingerprint density at radius 3 is 2.62 bits per heavy atom. The van der Waals surface area contributed by atoms with E-state index >= 15 is 0 Å². The Balaban J connectivity index is 3.15. The maximum absolute atomic E-state index is 11.0. The van der Waals surface area contributed by atoms with Gasteiger partial charge in [-0.3, -0.25) is 4.79 Å². The molecule has 0 heterocycles. The van der Waals surface area contributed by atoms with E-state index < -0.39 is 6.04 Å². The van der Waals surface area contributed by atoms with Crippen LogP contribution in [0.5, 0.6) is 0 Å². The second kappa shape index (κ2) is 3.58.